The number of ether oxygens (including phenoxy) is 1. The lowest BCUT2D eigenvalue weighted by atomic mass is 10.2. The summed E-state index contributed by atoms with van der Waals surface area (Å²) in [6, 6.07) is 15.3. The molecule has 0 atom stereocenters. The standard InChI is InChI=1S/C16H15N3O2/c1-17-13-7-3-12(4-8-13)16-18-15(19-21-16)11-5-9-14(20-2)10-6-11/h3-10,17H,1-2H3. The van der Waals surface area contributed by atoms with Crippen LogP contribution >= 0.6 is 0 Å². The molecular weight excluding hydrogens is 266 g/mol. The molecule has 0 bridgehead atoms. The van der Waals surface area contributed by atoms with Crippen LogP contribution in [-0.2, 0) is 0 Å². The first kappa shape index (κ1) is 13.2. The first-order valence-corrected chi connectivity index (χ1v) is 6.56. The monoisotopic (exact) mass is 281 g/mol. The highest BCUT2D eigenvalue weighted by molar-refractivity contribution is 5.62. The van der Waals surface area contributed by atoms with Crippen molar-refractivity contribution in [3.63, 3.8) is 0 Å². The molecule has 5 heteroatoms. The molecule has 0 unspecified atom stereocenters. The van der Waals surface area contributed by atoms with Crippen molar-refractivity contribution in [2.45, 2.75) is 0 Å². The van der Waals surface area contributed by atoms with Gasteiger partial charge in [0.1, 0.15) is 5.75 Å². The predicted octanol–water partition coefficient (Wildman–Crippen LogP) is 3.45. The molecule has 21 heavy (non-hydrogen) atoms. The molecule has 0 amide bonds. The molecule has 3 aromatic rings. The Hall–Kier alpha value is -2.82. The second-order valence-corrected chi connectivity index (χ2v) is 4.48. The minimum absolute atomic E-state index is 0.503. The Morgan fingerprint density at radius 2 is 1.62 bits per heavy atom. The van der Waals surface area contributed by atoms with E-state index in [0.717, 1.165) is 22.6 Å². The van der Waals surface area contributed by atoms with Crippen LogP contribution in [-0.4, -0.2) is 24.3 Å². The average Bonchev–Trinajstić information content (AvgIpc) is 3.05. The van der Waals surface area contributed by atoms with E-state index in [1.165, 1.54) is 0 Å². The lowest BCUT2D eigenvalue weighted by molar-refractivity contribution is 0.415. The Labute approximate surface area is 122 Å². The van der Waals surface area contributed by atoms with E-state index < -0.39 is 0 Å². The van der Waals surface area contributed by atoms with E-state index >= 15 is 0 Å². The van der Waals surface area contributed by atoms with Gasteiger partial charge in [-0.1, -0.05) is 5.16 Å². The second-order valence-electron chi connectivity index (χ2n) is 4.48. The Bertz CT molecular complexity index is 656. The van der Waals surface area contributed by atoms with Crippen molar-refractivity contribution in [3.05, 3.63) is 48.5 Å². The fourth-order valence-corrected chi connectivity index (χ4v) is 1.98. The van der Waals surface area contributed by atoms with Crippen molar-refractivity contribution >= 4 is 5.69 Å². The van der Waals surface area contributed by atoms with Crippen LogP contribution in [0.1, 0.15) is 0 Å². The first-order valence-electron chi connectivity index (χ1n) is 6.56. The molecule has 0 saturated heterocycles. The quantitative estimate of drug-likeness (QED) is 0.793. The summed E-state index contributed by atoms with van der Waals surface area (Å²) in [6.45, 7) is 0. The van der Waals surface area contributed by atoms with E-state index in [0.29, 0.717) is 11.7 Å². The number of hydrogen-bond donors (Lipinski definition) is 1. The summed E-state index contributed by atoms with van der Waals surface area (Å²) < 4.78 is 10.5. The van der Waals surface area contributed by atoms with Gasteiger partial charge in [-0.3, -0.25) is 0 Å². The molecule has 1 heterocycles. The normalized spacial score (nSPS) is 10.4. The molecule has 0 aliphatic rings. The molecule has 1 aromatic heterocycles. The Morgan fingerprint density at radius 3 is 2.24 bits per heavy atom. The maximum Gasteiger partial charge on any atom is 0.258 e. The summed E-state index contributed by atoms with van der Waals surface area (Å²) in [4.78, 5) is 4.42. The van der Waals surface area contributed by atoms with Gasteiger partial charge < -0.3 is 14.6 Å². The van der Waals surface area contributed by atoms with Crippen LogP contribution in [0, 0.1) is 0 Å². The number of benzene rings is 2. The number of aromatic nitrogens is 2. The summed E-state index contributed by atoms with van der Waals surface area (Å²) in [5.74, 6) is 1.86. The van der Waals surface area contributed by atoms with Crippen LogP contribution in [0.3, 0.4) is 0 Å². The number of hydrogen-bond acceptors (Lipinski definition) is 5. The maximum atomic E-state index is 5.32. The molecule has 106 valence electrons. The van der Waals surface area contributed by atoms with E-state index in [9.17, 15) is 0 Å². The highest BCUT2D eigenvalue weighted by Gasteiger charge is 2.10. The van der Waals surface area contributed by atoms with Crippen LogP contribution in [0.15, 0.2) is 53.1 Å². The second kappa shape index (κ2) is 5.66. The van der Waals surface area contributed by atoms with Gasteiger partial charge in [0.25, 0.3) is 5.89 Å². The zero-order chi connectivity index (χ0) is 14.7. The summed E-state index contributed by atoms with van der Waals surface area (Å²) >= 11 is 0. The molecule has 0 saturated carbocycles. The van der Waals surface area contributed by atoms with Crippen molar-refractivity contribution in [1.82, 2.24) is 10.1 Å². The third kappa shape index (κ3) is 2.72. The summed E-state index contributed by atoms with van der Waals surface area (Å²) in [5.41, 5.74) is 2.81. The van der Waals surface area contributed by atoms with Gasteiger partial charge in [-0.15, -0.1) is 0 Å². The van der Waals surface area contributed by atoms with Crippen molar-refractivity contribution in [2.24, 2.45) is 0 Å². The third-order valence-electron chi connectivity index (χ3n) is 3.19. The van der Waals surface area contributed by atoms with E-state index in [4.69, 9.17) is 9.26 Å². The van der Waals surface area contributed by atoms with Gasteiger partial charge in [0, 0.05) is 23.9 Å². The Balaban J connectivity index is 1.87. The van der Waals surface area contributed by atoms with Crippen molar-refractivity contribution in [3.8, 4) is 28.6 Å². The summed E-state index contributed by atoms with van der Waals surface area (Å²) in [6.07, 6.45) is 0. The molecule has 1 N–H and O–H groups in total. The van der Waals surface area contributed by atoms with Crippen LogP contribution < -0.4 is 10.1 Å². The Morgan fingerprint density at radius 1 is 0.952 bits per heavy atom. The average molecular weight is 281 g/mol. The largest absolute Gasteiger partial charge is 0.497 e. The number of anilines is 1. The SMILES string of the molecule is CNc1ccc(-c2nc(-c3ccc(OC)cc3)no2)cc1. The van der Waals surface area contributed by atoms with Gasteiger partial charge in [-0.2, -0.15) is 4.98 Å². The number of rotatable bonds is 4. The van der Waals surface area contributed by atoms with Gasteiger partial charge in [0.2, 0.25) is 5.82 Å². The molecule has 0 aliphatic carbocycles. The van der Waals surface area contributed by atoms with Gasteiger partial charge in [-0.05, 0) is 48.5 Å². The van der Waals surface area contributed by atoms with E-state index in [1.54, 1.807) is 7.11 Å². The predicted molar refractivity (Wildman–Crippen MR) is 81.3 cm³/mol. The number of nitrogens with zero attached hydrogens (tertiary/aromatic N) is 2. The van der Waals surface area contributed by atoms with E-state index in [-0.39, 0.29) is 0 Å². The number of methoxy groups -OCH3 is 1. The van der Waals surface area contributed by atoms with Gasteiger partial charge >= 0.3 is 0 Å². The first-order chi connectivity index (χ1) is 10.3. The lowest BCUT2D eigenvalue weighted by Gasteiger charge is -1.99. The molecule has 3 rings (SSSR count). The smallest absolute Gasteiger partial charge is 0.258 e. The number of nitrogens with one attached hydrogen (secondary N) is 1. The summed E-state index contributed by atoms with van der Waals surface area (Å²) in [5, 5.41) is 7.09. The third-order valence-corrected chi connectivity index (χ3v) is 3.19. The molecule has 0 aliphatic heterocycles. The van der Waals surface area contributed by atoms with Crippen LogP contribution in [0.2, 0.25) is 0 Å². The molecular formula is C16H15N3O2. The van der Waals surface area contributed by atoms with Gasteiger partial charge in [0.05, 0.1) is 7.11 Å². The van der Waals surface area contributed by atoms with Gasteiger partial charge in [0.15, 0.2) is 0 Å². The van der Waals surface area contributed by atoms with Crippen LogP contribution in [0.25, 0.3) is 22.8 Å². The highest BCUT2D eigenvalue weighted by atomic mass is 16.5. The summed E-state index contributed by atoms with van der Waals surface area (Å²) in [7, 11) is 3.51. The van der Waals surface area contributed by atoms with Crippen molar-refractivity contribution < 1.29 is 9.26 Å². The molecule has 2 aromatic carbocycles. The Kier molecular flexibility index (Phi) is 3.55. The maximum absolute atomic E-state index is 5.32. The molecule has 0 fully saturated rings. The topological polar surface area (TPSA) is 60.2 Å². The molecule has 5 nitrogen and oxygen atoms in total. The van der Waals surface area contributed by atoms with Crippen molar-refractivity contribution in [1.29, 1.82) is 0 Å². The zero-order valence-corrected chi connectivity index (χ0v) is 11.8. The van der Waals surface area contributed by atoms with Crippen molar-refractivity contribution in [2.75, 3.05) is 19.5 Å². The van der Waals surface area contributed by atoms with E-state index in [1.807, 2.05) is 55.6 Å². The zero-order valence-electron chi connectivity index (χ0n) is 11.8. The fourth-order valence-electron chi connectivity index (χ4n) is 1.98. The highest BCUT2D eigenvalue weighted by Crippen LogP contribution is 2.24. The minimum atomic E-state index is 0.503. The minimum Gasteiger partial charge on any atom is -0.497 e. The fraction of sp³-hybridized carbons (Fsp3) is 0.125. The van der Waals surface area contributed by atoms with E-state index in [2.05, 4.69) is 15.5 Å². The van der Waals surface area contributed by atoms with Gasteiger partial charge in [-0.25, -0.2) is 0 Å². The molecule has 0 spiro atoms. The molecule has 0 radical (unpaired) electrons. The lowest BCUT2D eigenvalue weighted by Crippen LogP contribution is -1.87. The van der Waals surface area contributed by atoms with Crippen LogP contribution in [0.5, 0.6) is 5.75 Å². The van der Waals surface area contributed by atoms with Crippen LogP contribution in [0.4, 0.5) is 5.69 Å².